The number of carbonyl (C=O) groups excluding carboxylic acids is 1. The molecule has 0 spiro atoms. The van der Waals surface area contributed by atoms with Crippen LogP contribution in [-0.4, -0.2) is 32.8 Å². The number of halogens is 1. The Bertz CT molecular complexity index is 801. The molecule has 0 saturated heterocycles. The standard InChI is InChI=1S/C14H11BrN4O2/c1-21-14(20)12-16-7-10-11(15)18-19(13(10)17-12)8-9-5-3-2-4-6-9/h2-7H,8H2,1H3. The Morgan fingerprint density at radius 3 is 2.81 bits per heavy atom. The number of benzene rings is 1. The van der Waals surface area contributed by atoms with Gasteiger partial charge in [0.25, 0.3) is 0 Å². The number of ether oxygens (including phenoxy) is 1. The summed E-state index contributed by atoms with van der Waals surface area (Å²) >= 11 is 3.38. The zero-order valence-electron chi connectivity index (χ0n) is 11.2. The van der Waals surface area contributed by atoms with Gasteiger partial charge < -0.3 is 4.74 Å². The predicted molar refractivity (Wildman–Crippen MR) is 79.9 cm³/mol. The molecule has 7 heteroatoms. The quantitative estimate of drug-likeness (QED) is 0.681. The van der Waals surface area contributed by atoms with Crippen molar-refractivity contribution in [3.63, 3.8) is 0 Å². The Labute approximate surface area is 128 Å². The molecular formula is C14H11BrN4O2. The summed E-state index contributed by atoms with van der Waals surface area (Å²) in [4.78, 5) is 19.8. The number of rotatable bonds is 3. The smallest absolute Gasteiger partial charge is 0.376 e. The molecular weight excluding hydrogens is 336 g/mol. The molecule has 21 heavy (non-hydrogen) atoms. The van der Waals surface area contributed by atoms with Crippen LogP contribution in [0.4, 0.5) is 0 Å². The Balaban J connectivity index is 2.07. The van der Waals surface area contributed by atoms with Gasteiger partial charge in [-0.3, -0.25) is 0 Å². The lowest BCUT2D eigenvalue weighted by molar-refractivity contribution is 0.0587. The van der Waals surface area contributed by atoms with Crippen LogP contribution in [0.25, 0.3) is 11.0 Å². The van der Waals surface area contributed by atoms with E-state index < -0.39 is 5.97 Å². The zero-order chi connectivity index (χ0) is 14.8. The van der Waals surface area contributed by atoms with E-state index in [4.69, 9.17) is 0 Å². The second kappa shape index (κ2) is 5.61. The van der Waals surface area contributed by atoms with Crippen molar-refractivity contribution in [2.45, 2.75) is 6.54 Å². The van der Waals surface area contributed by atoms with E-state index in [1.54, 1.807) is 10.9 Å². The molecule has 0 atom stereocenters. The lowest BCUT2D eigenvalue weighted by Crippen LogP contribution is -2.09. The van der Waals surface area contributed by atoms with Gasteiger partial charge in [0.05, 0.1) is 19.0 Å². The van der Waals surface area contributed by atoms with Gasteiger partial charge >= 0.3 is 5.97 Å². The summed E-state index contributed by atoms with van der Waals surface area (Å²) in [6, 6.07) is 9.89. The number of aromatic nitrogens is 4. The van der Waals surface area contributed by atoms with Crippen molar-refractivity contribution in [3.05, 3.63) is 52.5 Å². The summed E-state index contributed by atoms with van der Waals surface area (Å²) in [6.07, 6.45) is 1.56. The van der Waals surface area contributed by atoms with Gasteiger partial charge in [-0.25, -0.2) is 19.4 Å². The Kier molecular flexibility index (Phi) is 3.66. The number of carbonyl (C=O) groups is 1. The SMILES string of the molecule is COC(=O)c1ncc2c(Br)nn(Cc3ccccc3)c2n1. The van der Waals surface area contributed by atoms with Gasteiger partial charge in [-0.1, -0.05) is 30.3 Å². The summed E-state index contributed by atoms with van der Waals surface area (Å²) in [5.74, 6) is -0.549. The van der Waals surface area contributed by atoms with Crippen molar-refractivity contribution in [1.29, 1.82) is 0 Å². The predicted octanol–water partition coefficient (Wildman–Crippen LogP) is 2.42. The fourth-order valence-corrected chi connectivity index (χ4v) is 2.45. The number of fused-ring (bicyclic) bond motifs is 1. The number of esters is 1. The average Bonchev–Trinajstić information content (AvgIpc) is 2.83. The second-order valence-electron chi connectivity index (χ2n) is 4.36. The molecule has 0 unspecified atom stereocenters. The first-order valence-corrected chi connectivity index (χ1v) is 6.99. The van der Waals surface area contributed by atoms with Crippen LogP contribution in [0.1, 0.15) is 16.2 Å². The van der Waals surface area contributed by atoms with E-state index in [2.05, 4.69) is 35.7 Å². The van der Waals surface area contributed by atoms with Crippen LogP contribution in [0, 0.1) is 0 Å². The minimum absolute atomic E-state index is 0.0201. The minimum Gasteiger partial charge on any atom is -0.463 e. The van der Waals surface area contributed by atoms with Crippen molar-refractivity contribution in [3.8, 4) is 0 Å². The largest absolute Gasteiger partial charge is 0.463 e. The Hall–Kier alpha value is -2.28. The van der Waals surface area contributed by atoms with Gasteiger partial charge in [-0.15, -0.1) is 0 Å². The van der Waals surface area contributed by atoms with E-state index in [-0.39, 0.29) is 5.82 Å². The van der Waals surface area contributed by atoms with E-state index >= 15 is 0 Å². The highest BCUT2D eigenvalue weighted by atomic mass is 79.9. The van der Waals surface area contributed by atoms with E-state index in [0.29, 0.717) is 16.8 Å². The summed E-state index contributed by atoms with van der Waals surface area (Å²) in [5.41, 5.74) is 1.67. The van der Waals surface area contributed by atoms with Crippen molar-refractivity contribution in [2.75, 3.05) is 7.11 Å². The molecule has 0 aliphatic carbocycles. The normalized spacial score (nSPS) is 10.8. The molecule has 2 heterocycles. The van der Waals surface area contributed by atoms with Crippen LogP contribution in [0.2, 0.25) is 0 Å². The molecule has 0 aliphatic rings. The molecule has 6 nitrogen and oxygen atoms in total. The van der Waals surface area contributed by atoms with Crippen LogP contribution in [-0.2, 0) is 11.3 Å². The highest BCUT2D eigenvalue weighted by molar-refractivity contribution is 9.10. The highest BCUT2D eigenvalue weighted by Gasteiger charge is 2.15. The van der Waals surface area contributed by atoms with Gasteiger partial charge in [0.2, 0.25) is 5.82 Å². The number of hydrogen-bond acceptors (Lipinski definition) is 5. The first kappa shape index (κ1) is 13.7. The highest BCUT2D eigenvalue weighted by Crippen LogP contribution is 2.22. The number of hydrogen-bond donors (Lipinski definition) is 0. The van der Waals surface area contributed by atoms with E-state index in [1.807, 2.05) is 30.3 Å². The fraction of sp³-hybridized carbons (Fsp3) is 0.143. The van der Waals surface area contributed by atoms with E-state index in [9.17, 15) is 4.79 Å². The van der Waals surface area contributed by atoms with Gasteiger partial charge in [0.1, 0.15) is 4.60 Å². The van der Waals surface area contributed by atoms with Crippen molar-refractivity contribution < 1.29 is 9.53 Å². The third kappa shape index (κ3) is 2.64. The maximum absolute atomic E-state index is 11.5. The molecule has 0 bridgehead atoms. The molecule has 0 N–H and O–H groups in total. The van der Waals surface area contributed by atoms with Crippen LogP contribution >= 0.6 is 15.9 Å². The number of methoxy groups -OCH3 is 1. The second-order valence-corrected chi connectivity index (χ2v) is 5.11. The van der Waals surface area contributed by atoms with Crippen LogP contribution in [0.15, 0.2) is 41.1 Å². The molecule has 0 aliphatic heterocycles. The van der Waals surface area contributed by atoms with Crippen LogP contribution < -0.4 is 0 Å². The Morgan fingerprint density at radius 1 is 1.33 bits per heavy atom. The molecule has 3 aromatic rings. The van der Waals surface area contributed by atoms with Crippen LogP contribution in [0.5, 0.6) is 0 Å². The maximum Gasteiger partial charge on any atom is 0.376 e. The third-order valence-corrected chi connectivity index (χ3v) is 3.57. The van der Waals surface area contributed by atoms with Gasteiger partial charge in [-0.2, -0.15) is 5.10 Å². The molecule has 0 fully saturated rings. The van der Waals surface area contributed by atoms with Crippen molar-refractivity contribution in [1.82, 2.24) is 19.7 Å². The first-order chi connectivity index (χ1) is 10.2. The monoisotopic (exact) mass is 346 g/mol. The third-order valence-electron chi connectivity index (χ3n) is 2.99. The number of nitrogens with zero attached hydrogens (tertiary/aromatic N) is 4. The molecule has 0 saturated carbocycles. The molecule has 0 amide bonds. The maximum atomic E-state index is 11.5. The fourth-order valence-electron chi connectivity index (χ4n) is 1.98. The topological polar surface area (TPSA) is 69.9 Å². The summed E-state index contributed by atoms with van der Waals surface area (Å²) in [5, 5.41) is 5.14. The van der Waals surface area contributed by atoms with Gasteiger partial charge in [0, 0.05) is 6.20 Å². The molecule has 3 rings (SSSR count). The molecule has 106 valence electrons. The minimum atomic E-state index is -0.569. The van der Waals surface area contributed by atoms with Crippen molar-refractivity contribution >= 4 is 32.9 Å². The molecule has 1 aromatic carbocycles. The molecule has 0 radical (unpaired) electrons. The Morgan fingerprint density at radius 2 is 2.10 bits per heavy atom. The summed E-state index contributed by atoms with van der Waals surface area (Å²) in [6.45, 7) is 0.556. The van der Waals surface area contributed by atoms with E-state index in [1.165, 1.54) is 7.11 Å². The molecule has 2 aromatic heterocycles. The summed E-state index contributed by atoms with van der Waals surface area (Å²) in [7, 11) is 1.30. The van der Waals surface area contributed by atoms with Gasteiger partial charge in [-0.05, 0) is 21.5 Å². The van der Waals surface area contributed by atoms with E-state index in [0.717, 1.165) is 10.9 Å². The van der Waals surface area contributed by atoms with Crippen LogP contribution in [0.3, 0.4) is 0 Å². The summed E-state index contributed by atoms with van der Waals surface area (Å²) < 4.78 is 7.01. The van der Waals surface area contributed by atoms with Crippen molar-refractivity contribution in [2.24, 2.45) is 0 Å². The van der Waals surface area contributed by atoms with Gasteiger partial charge in [0.15, 0.2) is 5.65 Å². The lowest BCUT2D eigenvalue weighted by Gasteiger charge is -2.03. The first-order valence-electron chi connectivity index (χ1n) is 6.20. The zero-order valence-corrected chi connectivity index (χ0v) is 12.7. The lowest BCUT2D eigenvalue weighted by atomic mass is 10.2. The average molecular weight is 347 g/mol.